The molecule has 0 aliphatic carbocycles. The smallest absolute Gasteiger partial charge is 0.251 e. The van der Waals surface area contributed by atoms with E-state index in [-0.39, 0.29) is 5.91 Å². The Labute approximate surface area is 121 Å². The third kappa shape index (κ3) is 3.45. The number of amides is 1. The first-order chi connectivity index (χ1) is 8.81. The molecule has 0 bridgehead atoms. The van der Waals surface area contributed by atoms with Crippen molar-refractivity contribution >= 4 is 39.3 Å². The highest BCUT2D eigenvalue weighted by atomic mass is 127. The van der Waals surface area contributed by atoms with Crippen LogP contribution in [-0.4, -0.2) is 16.9 Å². The molecule has 0 spiro atoms. The second-order valence-corrected chi connectivity index (χ2v) is 5.29. The van der Waals surface area contributed by atoms with Crippen molar-refractivity contribution in [3.05, 3.63) is 48.0 Å². The number of carbonyl (C=O) groups excluding carboxylic acids is 1. The van der Waals surface area contributed by atoms with Gasteiger partial charge in [0.15, 0.2) is 0 Å². The molecular weight excluding hydrogens is 337 g/mol. The molecule has 94 valence electrons. The van der Waals surface area contributed by atoms with Crippen molar-refractivity contribution in [2.45, 2.75) is 12.8 Å². The van der Waals surface area contributed by atoms with Crippen molar-refractivity contribution in [2.24, 2.45) is 0 Å². The summed E-state index contributed by atoms with van der Waals surface area (Å²) in [6, 6.07) is 13.9. The van der Waals surface area contributed by atoms with Gasteiger partial charge in [0.05, 0.1) is 0 Å². The van der Waals surface area contributed by atoms with Crippen LogP contribution in [0.4, 0.5) is 0 Å². The highest BCUT2D eigenvalue weighted by Crippen LogP contribution is 2.15. The molecule has 0 aliphatic rings. The molecule has 1 N–H and O–H groups in total. The quantitative estimate of drug-likeness (QED) is 0.495. The fraction of sp³-hybridized carbons (Fsp3) is 0.267. The van der Waals surface area contributed by atoms with E-state index in [1.54, 1.807) is 0 Å². The number of alkyl halides is 1. The molecule has 0 saturated carbocycles. The highest BCUT2D eigenvalue weighted by molar-refractivity contribution is 14.1. The van der Waals surface area contributed by atoms with Crippen LogP contribution in [0.5, 0.6) is 0 Å². The fourth-order valence-corrected chi connectivity index (χ4v) is 2.39. The number of rotatable bonds is 5. The normalized spacial score (nSPS) is 10.5. The number of unbranched alkanes of at least 4 members (excludes halogenated alkanes) is 1. The van der Waals surface area contributed by atoms with Crippen molar-refractivity contribution in [2.75, 3.05) is 11.0 Å². The van der Waals surface area contributed by atoms with Crippen LogP contribution in [0.25, 0.3) is 10.8 Å². The second kappa shape index (κ2) is 6.73. The summed E-state index contributed by atoms with van der Waals surface area (Å²) >= 11 is 2.35. The number of fused-ring (bicyclic) bond motifs is 1. The monoisotopic (exact) mass is 353 g/mol. The Morgan fingerprint density at radius 1 is 1.06 bits per heavy atom. The first-order valence-electron chi connectivity index (χ1n) is 6.14. The molecule has 0 heterocycles. The average molecular weight is 353 g/mol. The van der Waals surface area contributed by atoms with Gasteiger partial charge in [0.25, 0.3) is 5.91 Å². The van der Waals surface area contributed by atoms with Gasteiger partial charge >= 0.3 is 0 Å². The lowest BCUT2D eigenvalue weighted by Crippen LogP contribution is -2.24. The van der Waals surface area contributed by atoms with Crippen molar-refractivity contribution in [3.63, 3.8) is 0 Å². The van der Waals surface area contributed by atoms with Gasteiger partial charge in [-0.1, -0.05) is 52.9 Å². The molecule has 1 amide bonds. The van der Waals surface area contributed by atoms with Crippen LogP contribution >= 0.6 is 22.6 Å². The zero-order chi connectivity index (χ0) is 12.8. The van der Waals surface area contributed by atoms with Crippen LogP contribution < -0.4 is 5.32 Å². The van der Waals surface area contributed by atoms with Crippen molar-refractivity contribution in [1.29, 1.82) is 0 Å². The Hall–Kier alpha value is -1.10. The summed E-state index contributed by atoms with van der Waals surface area (Å²) in [5.74, 6) is 0.0224. The van der Waals surface area contributed by atoms with Crippen molar-refractivity contribution < 1.29 is 4.79 Å². The first-order valence-corrected chi connectivity index (χ1v) is 7.67. The Kier molecular flexibility index (Phi) is 4.99. The summed E-state index contributed by atoms with van der Waals surface area (Å²) in [4.78, 5) is 11.9. The lowest BCUT2D eigenvalue weighted by molar-refractivity contribution is 0.0953. The predicted molar refractivity (Wildman–Crippen MR) is 84.4 cm³/mol. The van der Waals surface area contributed by atoms with E-state index in [2.05, 4.69) is 34.0 Å². The van der Waals surface area contributed by atoms with Crippen LogP contribution in [0.3, 0.4) is 0 Å². The summed E-state index contributed by atoms with van der Waals surface area (Å²) < 4.78 is 1.14. The molecule has 0 unspecified atom stereocenters. The molecule has 2 aromatic carbocycles. The van der Waals surface area contributed by atoms with Gasteiger partial charge in [-0.3, -0.25) is 4.79 Å². The maximum atomic E-state index is 11.9. The highest BCUT2D eigenvalue weighted by Gasteiger charge is 2.05. The first kappa shape index (κ1) is 13.3. The molecule has 2 nitrogen and oxygen atoms in total. The summed E-state index contributed by atoms with van der Waals surface area (Å²) in [6.45, 7) is 0.759. The zero-order valence-electron chi connectivity index (χ0n) is 10.2. The SMILES string of the molecule is O=C(NCCCCI)c1ccc2ccccc2c1. The fourth-order valence-electron chi connectivity index (χ4n) is 1.85. The molecule has 2 aromatic rings. The summed E-state index contributed by atoms with van der Waals surface area (Å²) in [7, 11) is 0. The number of carbonyl (C=O) groups is 1. The van der Waals surface area contributed by atoms with Crippen molar-refractivity contribution in [1.82, 2.24) is 5.32 Å². The second-order valence-electron chi connectivity index (χ2n) is 4.21. The number of hydrogen-bond acceptors (Lipinski definition) is 1. The van der Waals surface area contributed by atoms with E-state index in [1.807, 2.05) is 36.4 Å². The van der Waals surface area contributed by atoms with Crippen LogP contribution in [-0.2, 0) is 0 Å². The molecule has 18 heavy (non-hydrogen) atoms. The summed E-state index contributed by atoms with van der Waals surface area (Å²) in [5, 5.41) is 5.23. The van der Waals surface area contributed by atoms with E-state index < -0.39 is 0 Å². The summed E-state index contributed by atoms with van der Waals surface area (Å²) in [6.07, 6.45) is 2.20. The standard InChI is InChI=1S/C15H16INO/c16-9-3-4-10-17-15(18)14-8-7-12-5-1-2-6-13(12)11-14/h1-2,5-8,11H,3-4,9-10H2,(H,17,18). The minimum Gasteiger partial charge on any atom is -0.352 e. The van der Waals surface area contributed by atoms with Gasteiger partial charge in [0, 0.05) is 12.1 Å². The van der Waals surface area contributed by atoms with E-state index in [9.17, 15) is 4.79 Å². The Morgan fingerprint density at radius 3 is 2.61 bits per heavy atom. The van der Waals surface area contributed by atoms with E-state index in [0.717, 1.165) is 34.8 Å². The summed E-state index contributed by atoms with van der Waals surface area (Å²) in [5.41, 5.74) is 0.739. The molecule has 0 radical (unpaired) electrons. The zero-order valence-corrected chi connectivity index (χ0v) is 12.3. The number of nitrogens with one attached hydrogen (secondary N) is 1. The van der Waals surface area contributed by atoms with E-state index >= 15 is 0 Å². The van der Waals surface area contributed by atoms with Crippen LogP contribution in [0.2, 0.25) is 0 Å². The lowest BCUT2D eigenvalue weighted by atomic mass is 10.1. The topological polar surface area (TPSA) is 29.1 Å². The molecule has 0 fully saturated rings. The average Bonchev–Trinajstić information content (AvgIpc) is 2.43. The van der Waals surface area contributed by atoms with Gasteiger partial charge in [0.2, 0.25) is 0 Å². The number of halogens is 1. The molecular formula is C15H16INO. The maximum absolute atomic E-state index is 11.9. The van der Waals surface area contributed by atoms with Gasteiger partial charge in [-0.15, -0.1) is 0 Å². The van der Waals surface area contributed by atoms with Crippen molar-refractivity contribution in [3.8, 4) is 0 Å². The minimum atomic E-state index is 0.0224. The molecule has 3 heteroatoms. The lowest BCUT2D eigenvalue weighted by Gasteiger charge is -2.05. The van der Waals surface area contributed by atoms with Gasteiger partial charge in [-0.25, -0.2) is 0 Å². The molecule has 2 rings (SSSR count). The molecule has 0 saturated heterocycles. The van der Waals surface area contributed by atoms with Crippen LogP contribution in [0.15, 0.2) is 42.5 Å². The van der Waals surface area contributed by atoms with Crippen LogP contribution in [0.1, 0.15) is 23.2 Å². The Balaban J connectivity index is 2.04. The molecule has 0 aromatic heterocycles. The number of hydrogen-bond donors (Lipinski definition) is 1. The molecule has 0 atom stereocenters. The maximum Gasteiger partial charge on any atom is 0.251 e. The largest absolute Gasteiger partial charge is 0.352 e. The van der Waals surface area contributed by atoms with E-state index in [0.29, 0.717) is 0 Å². The third-order valence-corrected chi connectivity index (χ3v) is 3.62. The predicted octanol–water partition coefficient (Wildman–Crippen LogP) is 3.78. The Bertz CT molecular complexity index is 539. The third-order valence-electron chi connectivity index (χ3n) is 2.86. The van der Waals surface area contributed by atoms with Gasteiger partial charge in [-0.2, -0.15) is 0 Å². The van der Waals surface area contributed by atoms with Gasteiger partial charge < -0.3 is 5.32 Å². The van der Waals surface area contributed by atoms with Gasteiger partial charge in [0.1, 0.15) is 0 Å². The minimum absolute atomic E-state index is 0.0224. The van der Waals surface area contributed by atoms with E-state index in [4.69, 9.17) is 0 Å². The Morgan fingerprint density at radius 2 is 1.83 bits per heavy atom. The van der Waals surface area contributed by atoms with Gasteiger partial charge in [-0.05, 0) is 40.2 Å². The van der Waals surface area contributed by atoms with E-state index in [1.165, 1.54) is 5.39 Å². The number of benzene rings is 2. The van der Waals surface area contributed by atoms with Crippen LogP contribution in [0, 0.1) is 0 Å². The molecule has 0 aliphatic heterocycles.